The zero-order chi connectivity index (χ0) is 25.6. The van der Waals surface area contributed by atoms with Gasteiger partial charge < -0.3 is 20.3 Å². The molecule has 2 heterocycles. The molecule has 0 saturated heterocycles. The molecule has 10 nitrogen and oxygen atoms in total. The molecule has 3 rings (SSSR count). The Morgan fingerprint density at radius 2 is 1.86 bits per heavy atom. The Morgan fingerprint density at radius 1 is 1.09 bits per heavy atom. The number of benzene rings is 1. The first kappa shape index (κ1) is 26.3. The van der Waals surface area contributed by atoms with E-state index in [1.165, 1.54) is 0 Å². The number of fused-ring (bicyclic) bond motifs is 3. The monoisotopic (exact) mass is 483 g/mol. The topological polar surface area (TPSA) is 114 Å². The van der Waals surface area contributed by atoms with Crippen molar-refractivity contribution in [2.24, 2.45) is 0 Å². The van der Waals surface area contributed by atoms with Gasteiger partial charge in [0.2, 0.25) is 5.65 Å². The molecule has 0 aliphatic carbocycles. The molecule has 2 aromatic heterocycles. The number of likely N-dealkylation sites (N-methyl/N-ethyl adjacent to an activating group) is 1. The highest BCUT2D eigenvalue weighted by Gasteiger charge is 2.17. The van der Waals surface area contributed by atoms with Gasteiger partial charge in [0.25, 0.3) is 5.91 Å². The van der Waals surface area contributed by atoms with E-state index in [1.54, 1.807) is 6.07 Å². The quantitative estimate of drug-likeness (QED) is 0.316. The lowest BCUT2D eigenvalue weighted by Gasteiger charge is -2.19. The second kappa shape index (κ2) is 11.4. The average Bonchev–Trinajstić information content (AvgIpc) is 3.16. The Kier molecular flexibility index (Phi) is 8.61. The van der Waals surface area contributed by atoms with Crippen LogP contribution in [0.25, 0.3) is 16.7 Å². The van der Waals surface area contributed by atoms with E-state index in [0.29, 0.717) is 36.5 Å². The van der Waals surface area contributed by atoms with Crippen molar-refractivity contribution in [3.8, 4) is 0 Å². The molecule has 190 valence electrons. The second-order valence-corrected chi connectivity index (χ2v) is 9.95. The number of nitrogens with one attached hydrogen (secondary N) is 2. The Labute approximate surface area is 206 Å². The molecular formula is C25H37N7O3. The first-order chi connectivity index (χ1) is 16.5. The molecule has 0 aliphatic heterocycles. The standard InChI is InChI=1S/C25H37N7O3/c1-17-29-30-23-22(26-13-9-7-8-10-21(33)35-25(2,3)4)28-19-12-11-18(16-20(19)32(17)23)24(34)27-14-15-31(5)6/h11-12,16H,7-10,13-15H2,1-6H3,(H,26,28)(H,27,34). The van der Waals surface area contributed by atoms with E-state index < -0.39 is 5.60 Å². The van der Waals surface area contributed by atoms with Crippen molar-refractivity contribution in [3.05, 3.63) is 29.6 Å². The number of nitrogens with zero attached hydrogens (tertiary/aromatic N) is 5. The Bertz CT molecular complexity index is 1180. The van der Waals surface area contributed by atoms with Crippen LogP contribution in [0.15, 0.2) is 18.2 Å². The van der Waals surface area contributed by atoms with Crippen molar-refractivity contribution in [1.82, 2.24) is 29.8 Å². The van der Waals surface area contributed by atoms with Gasteiger partial charge >= 0.3 is 5.97 Å². The van der Waals surface area contributed by atoms with Crippen LogP contribution in [0.2, 0.25) is 0 Å². The van der Waals surface area contributed by atoms with Crippen molar-refractivity contribution in [2.75, 3.05) is 39.0 Å². The van der Waals surface area contributed by atoms with E-state index >= 15 is 0 Å². The van der Waals surface area contributed by atoms with Crippen LogP contribution in [0, 0.1) is 6.92 Å². The summed E-state index contributed by atoms with van der Waals surface area (Å²) < 4.78 is 7.27. The summed E-state index contributed by atoms with van der Waals surface area (Å²) in [6.07, 6.45) is 2.98. The lowest BCUT2D eigenvalue weighted by atomic mass is 10.1. The molecule has 0 unspecified atom stereocenters. The molecule has 1 amide bonds. The third-order valence-electron chi connectivity index (χ3n) is 5.36. The van der Waals surface area contributed by atoms with E-state index in [9.17, 15) is 9.59 Å². The zero-order valence-corrected chi connectivity index (χ0v) is 21.6. The van der Waals surface area contributed by atoms with Crippen molar-refractivity contribution >= 4 is 34.4 Å². The fourth-order valence-electron chi connectivity index (χ4n) is 3.70. The summed E-state index contributed by atoms with van der Waals surface area (Å²) in [6, 6.07) is 5.46. The molecule has 1 aromatic carbocycles. The molecule has 0 radical (unpaired) electrons. The highest BCUT2D eigenvalue weighted by molar-refractivity contribution is 5.98. The first-order valence-corrected chi connectivity index (χ1v) is 12.1. The van der Waals surface area contributed by atoms with Gasteiger partial charge in [0.15, 0.2) is 5.82 Å². The minimum atomic E-state index is -0.446. The smallest absolute Gasteiger partial charge is 0.306 e. The number of rotatable bonds is 11. The van der Waals surface area contributed by atoms with Gasteiger partial charge in [0, 0.05) is 31.6 Å². The largest absolute Gasteiger partial charge is 0.460 e. The van der Waals surface area contributed by atoms with Crippen molar-refractivity contribution in [1.29, 1.82) is 0 Å². The van der Waals surface area contributed by atoms with Crippen LogP contribution < -0.4 is 10.6 Å². The van der Waals surface area contributed by atoms with Gasteiger partial charge in [0.05, 0.1) is 11.0 Å². The summed E-state index contributed by atoms with van der Waals surface area (Å²) in [7, 11) is 3.93. The maximum absolute atomic E-state index is 12.6. The number of esters is 1. The molecule has 3 aromatic rings. The molecule has 0 fully saturated rings. The zero-order valence-electron chi connectivity index (χ0n) is 21.6. The number of aromatic nitrogens is 4. The number of amides is 1. The van der Waals surface area contributed by atoms with E-state index in [4.69, 9.17) is 9.72 Å². The van der Waals surface area contributed by atoms with Gasteiger partial charge in [0.1, 0.15) is 11.4 Å². The van der Waals surface area contributed by atoms with E-state index in [-0.39, 0.29) is 11.9 Å². The van der Waals surface area contributed by atoms with Crippen LogP contribution in [-0.4, -0.2) is 75.7 Å². The van der Waals surface area contributed by atoms with Crippen LogP contribution in [0.1, 0.15) is 62.6 Å². The number of carbonyl (C=O) groups excluding carboxylic acids is 2. The third-order valence-corrected chi connectivity index (χ3v) is 5.36. The molecule has 2 N–H and O–H groups in total. The lowest BCUT2D eigenvalue weighted by molar-refractivity contribution is -0.154. The fraction of sp³-hybridized carbons (Fsp3) is 0.560. The third kappa shape index (κ3) is 7.35. The summed E-state index contributed by atoms with van der Waals surface area (Å²) in [5.74, 6) is 1.08. The number of carbonyl (C=O) groups is 2. The Morgan fingerprint density at radius 3 is 2.57 bits per heavy atom. The number of ether oxygens (including phenoxy) is 1. The maximum atomic E-state index is 12.6. The summed E-state index contributed by atoms with van der Waals surface area (Å²) >= 11 is 0. The minimum Gasteiger partial charge on any atom is -0.460 e. The molecule has 35 heavy (non-hydrogen) atoms. The van der Waals surface area contributed by atoms with Crippen LogP contribution in [-0.2, 0) is 9.53 Å². The molecule has 0 aliphatic rings. The number of hydrogen-bond donors (Lipinski definition) is 2. The van der Waals surface area contributed by atoms with Gasteiger partial charge in [-0.2, -0.15) is 0 Å². The SMILES string of the molecule is Cc1nnc2c(NCCCCCC(=O)OC(C)(C)C)nc3ccc(C(=O)NCCN(C)C)cc3n12. The molecule has 0 bridgehead atoms. The van der Waals surface area contributed by atoms with Crippen molar-refractivity contribution in [3.63, 3.8) is 0 Å². The predicted molar refractivity (Wildman–Crippen MR) is 137 cm³/mol. The summed E-state index contributed by atoms with van der Waals surface area (Å²) in [5, 5.41) is 14.8. The number of anilines is 1. The van der Waals surface area contributed by atoms with Gasteiger partial charge in [-0.15, -0.1) is 10.2 Å². The normalized spacial score (nSPS) is 11.9. The summed E-state index contributed by atoms with van der Waals surface area (Å²) in [5.41, 5.74) is 2.27. The van der Waals surface area contributed by atoms with Crippen LogP contribution in [0.5, 0.6) is 0 Å². The van der Waals surface area contributed by atoms with Crippen LogP contribution in [0.3, 0.4) is 0 Å². The van der Waals surface area contributed by atoms with Crippen molar-refractivity contribution in [2.45, 2.75) is 59.0 Å². The summed E-state index contributed by atoms with van der Waals surface area (Å²) in [4.78, 5) is 31.2. The Balaban J connectivity index is 1.65. The van der Waals surface area contributed by atoms with E-state index in [0.717, 1.165) is 42.7 Å². The highest BCUT2D eigenvalue weighted by atomic mass is 16.6. The minimum absolute atomic E-state index is 0.124. The number of hydrogen-bond acceptors (Lipinski definition) is 8. The van der Waals surface area contributed by atoms with Gasteiger partial charge in [-0.1, -0.05) is 6.42 Å². The van der Waals surface area contributed by atoms with Gasteiger partial charge in [-0.25, -0.2) is 4.98 Å². The van der Waals surface area contributed by atoms with Gasteiger partial charge in [-0.05, 0) is 72.8 Å². The number of aryl methyl sites for hydroxylation is 1. The van der Waals surface area contributed by atoms with E-state index in [1.807, 2.05) is 63.2 Å². The number of unbranched alkanes of at least 4 members (excludes halogenated alkanes) is 2. The van der Waals surface area contributed by atoms with Crippen LogP contribution >= 0.6 is 0 Å². The van der Waals surface area contributed by atoms with Crippen molar-refractivity contribution < 1.29 is 14.3 Å². The molecule has 0 saturated carbocycles. The highest BCUT2D eigenvalue weighted by Crippen LogP contribution is 2.23. The maximum Gasteiger partial charge on any atom is 0.306 e. The molecule has 10 heteroatoms. The predicted octanol–water partition coefficient (Wildman–Crippen LogP) is 3.19. The lowest BCUT2D eigenvalue weighted by Crippen LogP contribution is -2.31. The van der Waals surface area contributed by atoms with Crippen LogP contribution in [0.4, 0.5) is 5.82 Å². The molecular weight excluding hydrogens is 446 g/mol. The molecule has 0 atom stereocenters. The average molecular weight is 484 g/mol. The second-order valence-electron chi connectivity index (χ2n) is 9.95. The fourth-order valence-corrected chi connectivity index (χ4v) is 3.70. The summed E-state index contributed by atoms with van der Waals surface area (Å²) in [6.45, 7) is 9.54. The van der Waals surface area contributed by atoms with E-state index in [2.05, 4.69) is 20.8 Å². The van der Waals surface area contributed by atoms with Gasteiger partial charge in [-0.3, -0.25) is 14.0 Å². The first-order valence-electron chi connectivity index (χ1n) is 12.1. The molecule has 0 spiro atoms. The Hall–Kier alpha value is -3.27.